The minimum atomic E-state index is -0.799. The summed E-state index contributed by atoms with van der Waals surface area (Å²) < 4.78 is 0. The highest BCUT2D eigenvalue weighted by atomic mass is 16.4. The van der Waals surface area contributed by atoms with E-state index in [1.54, 1.807) is 11.0 Å². The van der Waals surface area contributed by atoms with Gasteiger partial charge in [-0.2, -0.15) is 0 Å². The Balaban J connectivity index is 1.79. The number of fused-ring (bicyclic) bond motifs is 1. The van der Waals surface area contributed by atoms with Gasteiger partial charge in [0, 0.05) is 25.2 Å². The molecule has 2 N–H and O–H groups in total. The number of carbonyl (C=O) groups is 3. The van der Waals surface area contributed by atoms with Crippen LogP contribution in [0.5, 0.6) is 0 Å². The smallest absolute Gasteiger partial charge is 0.306 e. The molecule has 2 amide bonds. The normalized spacial score (nSPS) is 27.1. The third-order valence-electron chi connectivity index (χ3n) is 4.83. The summed E-state index contributed by atoms with van der Waals surface area (Å²) in [7, 11) is 0. The molecular weight excluding hydrogens is 296 g/mol. The van der Waals surface area contributed by atoms with E-state index in [0.29, 0.717) is 25.2 Å². The summed E-state index contributed by atoms with van der Waals surface area (Å²) in [5.74, 6) is -2.00. The number of benzene rings is 1. The second-order valence-electron chi connectivity index (χ2n) is 6.39. The van der Waals surface area contributed by atoms with Crippen LogP contribution in [0.2, 0.25) is 0 Å². The van der Waals surface area contributed by atoms with Crippen LogP contribution in [0.1, 0.15) is 31.2 Å². The van der Waals surface area contributed by atoms with Crippen LogP contribution in [-0.2, 0) is 14.4 Å². The lowest BCUT2D eigenvalue weighted by atomic mass is 9.84. The van der Waals surface area contributed by atoms with Gasteiger partial charge in [-0.15, -0.1) is 0 Å². The first-order valence-corrected chi connectivity index (χ1v) is 7.87. The number of carboxylic acids is 1. The highest BCUT2D eigenvalue weighted by molar-refractivity contribution is 6.01. The number of hydrogen-bond donors (Lipinski definition) is 2. The third kappa shape index (κ3) is 2.93. The second-order valence-corrected chi connectivity index (χ2v) is 6.39. The van der Waals surface area contributed by atoms with E-state index in [-0.39, 0.29) is 24.2 Å². The topological polar surface area (TPSA) is 86.7 Å². The first kappa shape index (κ1) is 15.5. The first-order chi connectivity index (χ1) is 11.0. The van der Waals surface area contributed by atoms with Gasteiger partial charge in [0.25, 0.3) is 0 Å². The van der Waals surface area contributed by atoms with Crippen LogP contribution in [0.3, 0.4) is 0 Å². The predicted molar refractivity (Wildman–Crippen MR) is 83.9 cm³/mol. The van der Waals surface area contributed by atoms with Crippen molar-refractivity contribution in [3.63, 3.8) is 0 Å². The van der Waals surface area contributed by atoms with E-state index >= 15 is 0 Å². The Hall–Kier alpha value is -2.37. The number of piperidine rings is 1. The Labute approximate surface area is 134 Å². The van der Waals surface area contributed by atoms with Crippen molar-refractivity contribution in [2.75, 3.05) is 18.4 Å². The minimum Gasteiger partial charge on any atom is -0.481 e. The SMILES string of the molecule is CC1CN(C(=O)C2CC(=O)Nc3ccccc32)CCC1C(=O)O. The summed E-state index contributed by atoms with van der Waals surface area (Å²) in [6.45, 7) is 2.72. The largest absolute Gasteiger partial charge is 0.481 e. The van der Waals surface area contributed by atoms with E-state index in [1.165, 1.54) is 0 Å². The Morgan fingerprint density at radius 3 is 2.74 bits per heavy atom. The maximum atomic E-state index is 12.9. The van der Waals surface area contributed by atoms with E-state index < -0.39 is 17.8 Å². The zero-order valence-corrected chi connectivity index (χ0v) is 13.0. The molecule has 122 valence electrons. The summed E-state index contributed by atoms with van der Waals surface area (Å²) >= 11 is 0. The molecule has 23 heavy (non-hydrogen) atoms. The molecule has 0 radical (unpaired) electrons. The molecule has 0 spiro atoms. The van der Waals surface area contributed by atoms with Crippen molar-refractivity contribution in [1.82, 2.24) is 4.90 Å². The highest BCUT2D eigenvalue weighted by Crippen LogP contribution is 2.35. The van der Waals surface area contributed by atoms with Crippen LogP contribution in [0.25, 0.3) is 0 Å². The quantitative estimate of drug-likeness (QED) is 0.869. The lowest BCUT2D eigenvalue weighted by molar-refractivity contribution is -0.148. The van der Waals surface area contributed by atoms with E-state index in [1.807, 2.05) is 25.1 Å². The van der Waals surface area contributed by atoms with Crippen LogP contribution in [0.4, 0.5) is 5.69 Å². The Kier molecular flexibility index (Phi) is 4.07. The molecule has 0 bridgehead atoms. The van der Waals surface area contributed by atoms with Gasteiger partial charge < -0.3 is 15.3 Å². The number of nitrogens with one attached hydrogen (secondary N) is 1. The number of aliphatic carboxylic acids is 1. The molecule has 0 aliphatic carbocycles. The maximum absolute atomic E-state index is 12.9. The monoisotopic (exact) mass is 316 g/mol. The molecule has 2 aliphatic heterocycles. The van der Waals surface area contributed by atoms with E-state index in [0.717, 1.165) is 5.56 Å². The van der Waals surface area contributed by atoms with Gasteiger partial charge >= 0.3 is 5.97 Å². The molecule has 3 rings (SSSR count). The van der Waals surface area contributed by atoms with Crippen molar-refractivity contribution < 1.29 is 19.5 Å². The van der Waals surface area contributed by atoms with Gasteiger partial charge in [0.15, 0.2) is 0 Å². The summed E-state index contributed by atoms with van der Waals surface area (Å²) in [4.78, 5) is 37.7. The molecule has 0 saturated carbocycles. The number of carbonyl (C=O) groups excluding carboxylic acids is 2. The molecule has 2 aliphatic rings. The van der Waals surface area contributed by atoms with Crippen LogP contribution < -0.4 is 5.32 Å². The van der Waals surface area contributed by atoms with Gasteiger partial charge in [-0.1, -0.05) is 25.1 Å². The lowest BCUT2D eigenvalue weighted by Crippen LogP contribution is -2.47. The van der Waals surface area contributed by atoms with Crippen LogP contribution in [-0.4, -0.2) is 40.9 Å². The van der Waals surface area contributed by atoms with E-state index in [9.17, 15) is 19.5 Å². The third-order valence-corrected chi connectivity index (χ3v) is 4.83. The molecule has 0 aromatic heterocycles. The molecule has 1 aromatic rings. The number of rotatable bonds is 2. The fourth-order valence-electron chi connectivity index (χ4n) is 3.56. The van der Waals surface area contributed by atoms with Crippen molar-refractivity contribution in [2.45, 2.75) is 25.7 Å². The van der Waals surface area contributed by atoms with Crippen LogP contribution in [0, 0.1) is 11.8 Å². The molecule has 2 heterocycles. The summed E-state index contributed by atoms with van der Waals surface area (Å²) in [5, 5.41) is 12.0. The predicted octanol–water partition coefficient (Wildman–Crippen LogP) is 1.68. The van der Waals surface area contributed by atoms with Crippen molar-refractivity contribution in [1.29, 1.82) is 0 Å². The fraction of sp³-hybridized carbons (Fsp3) is 0.471. The molecule has 3 unspecified atom stereocenters. The summed E-state index contributed by atoms with van der Waals surface area (Å²) in [6.07, 6.45) is 0.603. The Morgan fingerprint density at radius 2 is 2.04 bits per heavy atom. The molecule has 1 aromatic carbocycles. The zero-order valence-electron chi connectivity index (χ0n) is 13.0. The highest BCUT2D eigenvalue weighted by Gasteiger charge is 2.38. The number of nitrogens with zero attached hydrogens (tertiary/aromatic N) is 1. The molecular formula is C17H20N2O4. The van der Waals surface area contributed by atoms with Crippen LogP contribution in [0.15, 0.2) is 24.3 Å². The van der Waals surface area contributed by atoms with Gasteiger partial charge in [0.2, 0.25) is 11.8 Å². The number of hydrogen-bond acceptors (Lipinski definition) is 3. The summed E-state index contributed by atoms with van der Waals surface area (Å²) in [6, 6.07) is 7.35. The van der Waals surface area contributed by atoms with Crippen molar-refractivity contribution >= 4 is 23.5 Å². The van der Waals surface area contributed by atoms with Gasteiger partial charge in [-0.05, 0) is 24.0 Å². The molecule has 6 heteroatoms. The average Bonchev–Trinajstić information content (AvgIpc) is 2.52. The maximum Gasteiger partial charge on any atom is 0.306 e. The molecule has 3 atom stereocenters. The number of likely N-dealkylation sites (tertiary alicyclic amines) is 1. The number of para-hydroxylation sites is 1. The number of carboxylic acid groups (broad SMARTS) is 1. The first-order valence-electron chi connectivity index (χ1n) is 7.87. The van der Waals surface area contributed by atoms with E-state index in [4.69, 9.17) is 0 Å². The zero-order chi connectivity index (χ0) is 16.6. The Morgan fingerprint density at radius 1 is 1.30 bits per heavy atom. The molecule has 6 nitrogen and oxygen atoms in total. The van der Waals surface area contributed by atoms with E-state index in [2.05, 4.69) is 5.32 Å². The average molecular weight is 316 g/mol. The van der Waals surface area contributed by atoms with Crippen molar-refractivity contribution in [3.05, 3.63) is 29.8 Å². The van der Waals surface area contributed by atoms with Crippen LogP contribution >= 0.6 is 0 Å². The summed E-state index contributed by atoms with van der Waals surface area (Å²) in [5.41, 5.74) is 1.53. The van der Waals surface area contributed by atoms with Gasteiger partial charge in [0.1, 0.15) is 0 Å². The lowest BCUT2D eigenvalue weighted by Gasteiger charge is -2.37. The number of amides is 2. The minimum absolute atomic E-state index is 0.0806. The number of anilines is 1. The van der Waals surface area contributed by atoms with Gasteiger partial charge in [0.05, 0.1) is 11.8 Å². The second kappa shape index (κ2) is 6.02. The van der Waals surface area contributed by atoms with Gasteiger partial charge in [-0.25, -0.2) is 0 Å². The van der Waals surface area contributed by atoms with Gasteiger partial charge in [-0.3, -0.25) is 14.4 Å². The standard InChI is InChI=1S/C17H20N2O4/c1-10-9-19(7-6-11(10)17(22)23)16(21)13-8-15(20)18-14-5-3-2-4-12(13)14/h2-5,10-11,13H,6-9H2,1H3,(H,18,20)(H,22,23). The molecule has 1 fully saturated rings. The van der Waals surface area contributed by atoms with Crippen molar-refractivity contribution in [2.24, 2.45) is 11.8 Å². The fourth-order valence-corrected chi connectivity index (χ4v) is 3.56. The van der Waals surface area contributed by atoms with Crippen molar-refractivity contribution in [3.8, 4) is 0 Å². The Bertz CT molecular complexity index is 658. The molecule has 1 saturated heterocycles.